The molecule has 2 rings (SSSR count). The number of aryl methyl sites for hydroxylation is 1. The zero-order valence-electron chi connectivity index (χ0n) is 12.5. The molecule has 0 spiro atoms. The maximum atomic E-state index is 11.8. The minimum atomic E-state index is -0.385. The summed E-state index contributed by atoms with van der Waals surface area (Å²) in [6, 6.07) is 4.25. The van der Waals surface area contributed by atoms with E-state index in [4.69, 9.17) is 10.5 Å². The van der Waals surface area contributed by atoms with Crippen LogP contribution in [-0.2, 0) is 4.74 Å². The van der Waals surface area contributed by atoms with Gasteiger partial charge < -0.3 is 15.8 Å². The molecule has 0 saturated heterocycles. The summed E-state index contributed by atoms with van der Waals surface area (Å²) in [5, 5.41) is 3.52. The van der Waals surface area contributed by atoms with Gasteiger partial charge in [-0.05, 0) is 43.4 Å². The van der Waals surface area contributed by atoms with Gasteiger partial charge in [-0.3, -0.25) is 0 Å². The van der Waals surface area contributed by atoms with E-state index in [0.717, 1.165) is 23.6 Å². The lowest BCUT2D eigenvalue weighted by Crippen LogP contribution is -2.20. The Bertz CT molecular complexity index is 495. The summed E-state index contributed by atoms with van der Waals surface area (Å²) in [5.74, 6) is 0.492. The molecule has 1 unspecified atom stereocenters. The zero-order valence-corrected chi connectivity index (χ0v) is 12.5. The third-order valence-corrected chi connectivity index (χ3v) is 3.97. The molecule has 1 atom stereocenters. The first kappa shape index (κ1) is 14.7. The lowest BCUT2D eigenvalue weighted by Gasteiger charge is -2.19. The van der Waals surface area contributed by atoms with E-state index in [2.05, 4.69) is 12.2 Å². The van der Waals surface area contributed by atoms with Crippen molar-refractivity contribution in [2.24, 2.45) is 5.92 Å². The fraction of sp³-hybridized carbons (Fsp3) is 0.562. The molecule has 0 radical (unpaired) electrons. The molecule has 0 aromatic heterocycles. The van der Waals surface area contributed by atoms with Crippen LogP contribution in [0.25, 0.3) is 0 Å². The second-order valence-electron chi connectivity index (χ2n) is 5.67. The Morgan fingerprint density at radius 1 is 1.50 bits per heavy atom. The van der Waals surface area contributed by atoms with E-state index >= 15 is 0 Å². The predicted octanol–water partition coefficient (Wildman–Crippen LogP) is 3.35. The van der Waals surface area contributed by atoms with Gasteiger partial charge in [0.15, 0.2) is 0 Å². The molecule has 4 heteroatoms. The minimum Gasteiger partial charge on any atom is -0.465 e. The number of ether oxygens (including phenoxy) is 1. The van der Waals surface area contributed by atoms with Crippen LogP contribution >= 0.6 is 0 Å². The molecule has 1 saturated carbocycles. The highest BCUT2D eigenvalue weighted by Crippen LogP contribution is 2.35. The molecule has 1 aromatic carbocycles. The largest absolute Gasteiger partial charge is 0.465 e. The van der Waals surface area contributed by atoms with Crippen molar-refractivity contribution in [3.63, 3.8) is 0 Å². The average molecular weight is 276 g/mol. The van der Waals surface area contributed by atoms with Crippen LogP contribution in [0.4, 0.5) is 11.4 Å². The van der Waals surface area contributed by atoms with Gasteiger partial charge in [0.25, 0.3) is 0 Å². The minimum absolute atomic E-state index is 0.385. The van der Waals surface area contributed by atoms with Gasteiger partial charge in [0, 0.05) is 17.4 Å². The number of methoxy groups -OCH3 is 1. The Labute approximate surface area is 120 Å². The summed E-state index contributed by atoms with van der Waals surface area (Å²) in [7, 11) is 1.37. The Morgan fingerprint density at radius 3 is 2.75 bits per heavy atom. The van der Waals surface area contributed by atoms with E-state index in [1.54, 1.807) is 6.07 Å². The second-order valence-corrected chi connectivity index (χ2v) is 5.67. The van der Waals surface area contributed by atoms with E-state index in [-0.39, 0.29) is 5.97 Å². The highest BCUT2D eigenvalue weighted by molar-refractivity contribution is 5.97. The molecule has 0 amide bonds. The number of hydrogen-bond acceptors (Lipinski definition) is 4. The molecule has 4 nitrogen and oxygen atoms in total. The highest BCUT2D eigenvalue weighted by atomic mass is 16.5. The van der Waals surface area contributed by atoms with Gasteiger partial charge in [-0.2, -0.15) is 0 Å². The molecule has 1 aliphatic rings. The van der Waals surface area contributed by atoms with Crippen molar-refractivity contribution in [3.05, 3.63) is 23.3 Å². The van der Waals surface area contributed by atoms with Crippen molar-refractivity contribution in [3.8, 4) is 0 Å². The molecule has 20 heavy (non-hydrogen) atoms. The van der Waals surface area contributed by atoms with Crippen LogP contribution < -0.4 is 11.1 Å². The maximum absolute atomic E-state index is 11.8. The Hall–Kier alpha value is -1.71. The van der Waals surface area contributed by atoms with Crippen molar-refractivity contribution in [1.82, 2.24) is 0 Å². The summed E-state index contributed by atoms with van der Waals surface area (Å²) < 4.78 is 4.79. The maximum Gasteiger partial charge on any atom is 0.340 e. The summed E-state index contributed by atoms with van der Waals surface area (Å²) in [5.41, 5.74) is 8.74. The normalized spacial score (nSPS) is 15.8. The number of nitrogens with two attached hydrogens (primary N) is 1. The Balaban J connectivity index is 2.17. The van der Waals surface area contributed by atoms with Crippen LogP contribution in [0.15, 0.2) is 12.1 Å². The summed E-state index contributed by atoms with van der Waals surface area (Å²) in [4.78, 5) is 11.8. The van der Waals surface area contributed by atoms with Gasteiger partial charge in [0.05, 0.1) is 12.7 Å². The highest BCUT2D eigenvalue weighted by Gasteiger charge is 2.25. The van der Waals surface area contributed by atoms with Gasteiger partial charge >= 0.3 is 5.97 Å². The first-order chi connectivity index (χ1) is 9.55. The monoisotopic (exact) mass is 276 g/mol. The summed E-state index contributed by atoms with van der Waals surface area (Å²) in [6.45, 7) is 4.10. The molecule has 1 aromatic rings. The van der Waals surface area contributed by atoms with Crippen molar-refractivity contribution >= 4 is 17.3 Å². The van der Waals surface area contributed by atoms with E-state index < -0.39 is 0 Å². The number of carbonyl (C=O) groups is 1. The van der Waals surface area contributed by atoms with Gasteiger partial charge in [0.2, 0.25) is 0 Å². The molecule has 0 heterocycles. The van der Waals surface area contributed by atoms with Crippen molar-refractivity contribution < 1.29 is 9.53 Å². The third kappa shape index (κ3) is 3.44. The van der Waals surface area contributed by atoms with Crippen LogP contribution in [0.2, 0.25) is 0 Å². The van der Waals surface area contributed by atoms with Crippen molar-refractivity contribution in [2.45, 2.75) is 45.6 Å². The van der Waals surface area contributed by atoms with E-state index in [1.165, 1.54) is 26.4 Å². The van der Waals surface area contributed by atoms with Crippen LogP contribution in [0.1, 0.15) is 48.5 Å². The standard InChI is InChI=1S/C16H24N2O2/c1-4-12(8-11-5-6-11)18-13-7-10(2)15(17)14(9-13)16(19)20-3/h7,9,11-12,18H,4-6,8,17H2,1-3H3. The van der Waals surface area contributed by atoms with Crippen LogP contribution in [-0.4, -0.2) is 19.1 Å². The smallest absolute Gasteiger partial charge is 0.340 e. The summed E-state index contributed by atoms with van der Waals surface area (Å²) >= 11 is 0. The Morgan fingerprint density at radius 2 is 2.20 bits per heavy atom. The number of nitrogen functional groups attached to an aromatic ring is 1. The first-order valence-electron chi connectivity index (χ1n) is 7.30. The molecule has 1 fully saturated rings. The number of hydrogen-bond donors (Lipinski definition) is 2. The molecular formula is C16H24N2O2. The lowest BCUT2D eigenvalue weighted by atomic mass is 10.0. The number of esters is 1. The molecule has 0 aliphatic heterocycles. The molecular weight excluding hydrogens is 252 g/mol. The van der Waals surface area contributed by atoms with Crippen molar-refractivity contribution in [1.29, 1.82) is 0 Å². The van der Waals surface area contributed by atoms with Crippen LogP contribution in [0, 0.1) is 12.8 Å². The van der Waals surface area contributed by atoms with Gasteiger partial charge in [-0.1, -0.05) is 19.8 Å². The second kappa shape index (κ2) is 6.16. The van der Waals surface area contributed by atoms with Crippen molar-refractivity contribution in [2.75, 3.05) is 18.2 Å². The third-order valence-electron chi connectivity index (χ3n) is 3.97. The van der Waals surface area contributed by atoms with Gasteiger partial charge in [-0.25, -0.2) is 4.79 Å². The van der Waals surface area contributed by atoms with Gasteiger partial charge in [0.1, 0.15) is 0 Å². The lowest BCUT2D eigenvalue weighted by molar-refractivity contribution is 0.0602. The van der Waals surface area contributed by atoms with Crippen LogP contribution in [0.3, 0.4) is 0 Å². The molecule has 110 valence electrons. The Kier molecular flexibility index (Phi) is 4.53. The van der Waals surface area contributed by atoms with E-state index in [1.807, 2.05) is 13.0 Å². The molecule has 3 N–H and O–H groups in total. The van der Waals surface area contributed by atoms with E-state index in [0.29, 0.717) is 17.3 Å². The number of nitrogens with one attached hydrogen (secondary N) is 1. The SMILES string of the molecule is CCC(CC1CC1)Nc1cc(C)c(N)c(C(=O)OC)c1. The van der Waals surface area contributed by atoms with Crippen LogP contribution in [0.5, 0.6) is 0 Å². The average Bonchev–Trinajstić information content (AvgIpc) is 3.24. The predicted molar refractivity (Wildman–Crippen MR) is 82.0 cm³/mol. The summed E-state index contributed by atoms with van der Waals surface area (Å²) in [6.07, 6.45) is 4.99. The number of rotatable bonds is 6. The fourth-order valence-corrected chi connectivity index (χ4v) is 2.48. The number of carbonyl (C=O) groups excluding carboxylic acids is 1. The van der Waals surface area contributed by atoms with E-state index in [9.17, 15) is 4.79 Å². The first-order valence-corrected chi connectivity index (χ1v) is 7.30. The van der Waals surface area contributed by atoms with Gasteiger partial charge in [-0.15, -0.1) is 0 Å². The number of benzene rings is 1. The number of anilines is 2. The zero-order chi connectivity index (χ0) is 14.7. The fourth-order valence-electron chi connectivity index (χ4n) is 2.48. The molecule has 1 aliphatic carbocycles. The topological polar surface area (TPSA) is 64.3 Å². The quantitative estimate of drug-likeness (QED) is 0.617. The molecule has 0 bridgehead atoms.